The van der Waals surface area contributed by atoms with Crippen LogP contribution in [0.25, 0.3) is 0 Å². The van der Waals surface area contributed by atoms with Crippen molar-refractivity contribution in [3.05, 3.63) is 26.8 Å². The Bertz CT molecular complexity index is 500. The molecule has 0 radical (unpaired) electrons. The maximum atomic E-state index is 12.0. The normalized spacial score (nSPS) is 12.6. The van der Waals surface area contributed by atoms with E-state index in [0.29, 0.717) is 3.57 Å². The summed E-state index contributed by atoms with van der Waals surface area (Å²) in [6.45, 7) is 0. The van der Waals surface area contributed by atoms with E-state index in [0.717, 1.165) is 6.07 Å². The maximum Gasteiger partial charge on any atom is 0.534 e. The van der Waals surface area contributed by atoms with Crippen LogP contribution in [0.3, 0.4) is 0 Å². The highest BCUT2D eigenvalue weighted by molar-refractivity contribution is 14.1. The predicted octanol–water partition coefficient (Wildman–Crippen LogP) is 3.17. The van der Waals surface area contributed by atoms with Gasteiger partial charge in [0.25, 0.3) is 0 Å². The Morgan fingerprint density at radius 1 is 1.31 bits per heavy atom. The van der Waals surface area contributed by atoms with Crippen molar-refractivity contribution in [1.29, 1.82) is 0 Å². The Hall–Kier alpha value is -0.220. The van der Waals surface area contributed by atoms with E-state index in [1.165, 1.54) is 12.1 Å². The Kier molecular flexibility index (Phi) is 3.95. The maximum absolute atomic E-state index is 12.0. The molecule has 3 nitrogen and oxygen atoms in total. The van der Waals surface area contributed by atoms with Gasteiger partial charge in [0.15, 0.2) is 5.75 Å². The van der Waals surface area contributed by atoms with Crippen LogP contribution < -0.4 is 4.18 Å². The molecule has 0 spiro atoms. The van der Waals surface area contributed by atoms with Crippen molar-refractivity contribution in [2.75, 3.05) is 0 Å². The molecule has 0 N–H and O–H groups in total. The second-order valence-corrected chi connectivity index (χ2v) is 5.75. The minimum atomic E-state index is -5.68. The number of alkyl halides is 3. The fourth-order valence-corrected chi connectivity index (χ4v) is 1.84. The average molecular weight is 387 g/mol. The number of hydrogen-bond acceptors (Lipinski definition) is 3. The summed E-state index contributed by atoms with van der Waals surface area (Å²) in [6.07, 6.45) is 0. The number of hydrogen-bond donors (Lipinski definition) is 0. The summed E-state index contributed by atoms with van der Waals surface area (Å²) < 4.78 is 61.7. The first-order valence-corrected chi connectivity index (χ1v) is 6.46. The topological polar surface area (TPSA) is 43.4 Å². The van der Waals surface area contributed by atoms with Crippen LogP contribution in [0.1, 0.15) is 0 Å². The van der Waals surface area contributed by atoms with Gasteiger partial charge in [0, 0.05) is 3.57 Å². The van der Waals surface area contributed by atoms with Crippen molar-refractivity contribution in [2.45, 2.75) is 5.51 Å². The summed E-state index contributed by atoms with van der Waals surface area (Å²) in [6, 6.07) is 3.83. The van der Waals surface area contributed by atoms with Crippen LogP contribution >= 0.6 is 34.2 Å². The Balaban J connectivity index is 3.11. The van der Waals surface area contributed by atoms with Gasteiger partial charge in [0.05, 0.1) is 5.02 Å². The highest BCUT2D eigenvalue weighted by Crippen LogP contribution is 2.32. The fourth-order valence-electron chi connectivity index (χ4n) is 0.706. The van der Waals surface area contributed by atoms with E-state index < -0.39 is 21.4 Å². The van der Waals surface area contributed by atoms with Crippen LogP contribution in [0.2, 0.25) is 5.02 Å². The van der Waals surface area contributed by atoms with Gasteiger partial charge in [0.1, 0.15) is 0 Å². The van der Waals surface area contributed by atoms with E-state index in [2.05, 4.69) is 4.18 Å². The lowest BCUT2D eigenvalue weighted by Gasteiger charge is -2.10. The first-order valence-electron chi connectivity index (χ1n) is 3.59. The lowest BCUT2D eigenvalue weighted by atomic mass is 10.3. The van der Waals surface area contributed by atoms with E-state index in [4.69, 9.17) is 11.6 Å². The monoisotopic (exact) mass is 386 g/mol. The third-order valence-corrected chi connectivity index (χ3v) is 3.33. The largest absolute Gasteiger partial charge is 0.534 e. The summed E-state index contributed by atoms with van der Waals surface area (Å²) in [5.74, 6) is -0.550. The van der Waals surface area contributed by atoms with Crippen molar-refractivity contribution in [1.82, 2.24) is 0 Å². The van der Waals surface area contributed by atoms with Gasteiger partial charge >= 0.3 is 15.6 Å². The van der Waals surface area contributed by atoms with E-state index >= 15 is 0 Å². The highest BCUT2D eigenvalue weighted by Gasteiger charge is 2.48. The van der Waals surface area contributed by atoms with E-state index in [9.17, 15) is 21.6 Å². The van der Waals surface area contributed by atoms with Crippen LogP contribution in [-0.2, 0) is 10.1 Å². The van der Waals surface area contributed by atoms with Crippen molar-refractivity contribution in [2.24, 2.45) is 0 Å². The quantitative estimate of drug-likeness (QED) is 0.445. The van der Waals surface area contributed by atoms with Crippen LogP contribution in [-0.4, -0.2) is 13.9 Å². The first-order chi connectivity index (χ1) is 7.13. The fraction of sp³-hybridized carbons (Fsp3) is 0.143. The molecule has 1 rings (SSSR count). The van der Waals surface area contributed by atoms with Gasteiger partial charge in [-0.1, -0.05) is 11.6 Å². The Morgan fingerprint density at radius 2 is 1.88 bits per heavy atom. The predicted molar refractivity (Wildman–Crippen MR) is 59.8 cm³/mol. The van der Waals surface area contributed by atoms with Gasteiger partial charge in [0.2, 0.25) is 0 Å². The molecule has 0 aromatic heterocycles. The van der Waals surface area contributed by atoms with Crippen LogP contribution in [0.5, 0.6) is 5.75 Å². The van der Waals surface area contributed by atoms with E-state index in [1.807, 2.05) is 0 Å². The molecule has 90 valence electrons. The van der Waals surface area contributed by atoms with Crippen molar-refractivity contribution in [3.8, 4) is 5.75 Å². The molecule has 0 saturated carbocycles. The van der Waals surface area contributed by atoms with Crippen LogP contribution in [0, 0.1) is 3.57 Å². The highest BCUT2D eigenvalue weighted by atomic mass is 127. The smallest absolute Gasteiger partial charge is 0.374 e. The molecule has 0 saturated heterocycles. The number of rotatable bonds is 2. The summed E-state index contributed by atoms with van der Waals surface area (Å²) in [4.78, 5) is 0. The molecule has 0 fully saturated rings. The molecule has 9 heteroatoms. The average Bonchev–Trinajstić information content (AvgIpc) is 2.09. The first kappa shape index (κ1) is 13.8. The number of benzene rings is 1. The second-order valence-electron chi connectivity index (χ2n) is 2.56. The zero-order chi connectivity index (χ0) is 12.6. The van der Waals surface area contributed by atoms with Gasteiger partial charge < -0.3 is 4.18 Å². The minimum absolute atomic E-state index is 0.215. The summed E-state index contributed by atoms with van der Waals surface area (Å²) in [5, 5.41) is -0.215. The SMILES string of the molecule is O=S(=O)(Oc1cc(I)ccc1Cl)C(F)(F)F. The molecule has 0 heterocycles. The second kappa shape index (κ2) is 4.57. The molecular weight excluding hydrogens is 383 g/mol. The summed E-state index contributed by atoms with van der Waals surface area (Å²) in [7, 11) is -5.68. The third kappa shape index (κ3) is 3.14. The Morgan fingerprint density at radius 3 is 2.38 bits per heavy atom. The van der Waals surface area contributed by atoms with E-state index in [-0.39, 0.29) is 5.02 Å². The van der Waals surface area contributed by atoms with Gasteiger partial charge in [-0.25, -0.2) is 0 Å². The molecular formula is C7H3ClF3IO3S. The van der Waals surface area contributed by atoms with Gasteiger partial charge in [-0.2, -0.15) is 21.6 Å². The molecule has 0 aliphatic rings. The lowest BCUT2D eigenvalue weighted by Crippen LogP contribution is -2.28. The van der Waals surface area contributed by atoms with E-state index in [1.54, 1.807) is 22.6 Å². The molecule has 0 aliphatic carbocycles. The molecule has 1 aromatic carbocycles. The van der Waals surface area contributed by atoms with Gasteiger partial charge in [-0.3, -0.25) is 0 Å². The molecule has 0 amide bonds. The zero-order valence-corrected chi connectivity index (χ0v) is 11.0. The van der Waals surface area contributed by atoms with Crippen molar-refractivity contribution < 1.29 is 25.8 Å². The minimum Gasteiger partial charge on any atom is -0.374 e. The standard InChI is InChI=1S/C7H3ClF3IO3S/c8-5-2-1-4(12)3-6(5)15-16(13,14)7(9,10)11/h1-3H. The van der Waals surface area contributed by atoms with Crippen LogP contribution in [0.4, 0.5) is 13.2 Å². The molecule has 0 atom stereocenters. The molecule has 0 bridgehead atoms. The molecule has 16 heavy (non-hydrogen) atoms. The third-order valence-electron chi connectivity index (χ3n) is 1.38. The van der Waals surface area contributed by atoms with Crippen molar-refractivity contribution >= 4 is 44.3 Å². The Labute approximate surface area is 108 Å². The molecule has 0 aliphatic heterocycles. The molecule has 1 aromatic rings. The van der Waals surface area contributed by atoms with Crippen molar-refractivity contribution in [3.63, 3.8) is 0 Å². The van der Waals surface area contributed by atoms with Gasteiger partial charge in [-0.15, -0.1) is 0 Å². The van der Waals surface area contributed by atoms with Crippen LogP contribution in [0.15, 0.2) is 18.2 Å². The lowest BCUT2D eigenvalue weighted by molar-refractivity contribution is -0.0500. The zero-order valence-electron chi connectivity index (χ0n) is 7.25. The molecule has 0 unspecified atom stereocenters. The number of halogens is 5. The summed E-state index contributed by atoms with van der Waals surface area (Å²) in [5.41, 5.74) is -5.47. The summed E-state index contributed by atoms with van der Waals surface area (Å²) >= 11 is 7.27. The van der Waals surface area contributed by atoms with Gasteiger partial charge in [-0.05, 0) is 40.8 Å².